The summed E-state index contributed by atoms with van der Waals surface area (Å²) >= 11 is 0. The van der Waals surface area contributed by atoms with Gasteiger partial charge in [-0.05, 0) is 65.9 Å². The Morgan fingerprint density at radius 3 is 1.60 bits per heavy atom. The Hall–Kier alpha value is -3.71. The fourth-order valence-corrected chi connectivity index (χ4v) is 4.13. The maximum Gasteiger partial charge on any atom is 0.361 e. The van der Waals surface area contributed by atoms with E-state index in [1.807, 2.05) is 36.4 Å². The van der Waals surface area contributed by atoms with E-state index >= 15 is 0 Å². The van der Waals surface area contributed by atoms with Crippen LogP contribution in [0, 0.1) is 13.8 Å². The molecular formula is C29H23O+. The molecule has 0 atom stereocenters. The molecule has 0 spiro atoms. The van der Waals surface area contributed by atoms with Gasteiger partial charge >= 0.3 is 11.5 Å². The molecule has 0 aliphatic heterocycles. The maximum absolute atomic E-state index is 6.37. The number of benzene rings is 2. The average molecular weight is 388 g/mol. The Morgan fingerprint density at radius 1 is 0.467 bits per heavy atom. The van der Waals surface area contributed by atoms with Gasteiger partial charge in [-0.2, -0.15) is 0 Å². The minimum atomic E-state index is 0.871. The van der Waals surface area contributed by atoms with Crippen molar-refractivity contribution in [3.8, 4) is 44.9 Å². The van der Waals surface area contributed by atoms with Gasteiger partial charge in [0.15, 0.2) is 0 Å². The first-order chi connectivity index (χ1) is 14.7. The minimum Gasteiger partial charge on any atom is -0.207 e. The van der Waals surface area contributed by atoms with Crippen LogP contribution in [0.4, 0.5) is 0 Å². The van der Waals surface area contributed by atoms with Gasteiger partial charge in [0.25, 0.3) is 0 Å². The molecule has 30 heavy (non-hydrogen) atoms. The largest absolute Gasteiger partial charge is 0.361 e. The summed E-state index contributed by atoms with van der Waals surface area (Å²) in [5, 5.41) is 0. The van der Waals surface area contributed by atoms with E-state index in [4.69, 9.17) is 4.42 Å². The van der Waals surface area contributed by atoms with E-state index in [0.29, 0.717) is 0 Å². The van der Waals surface area contributed by atoms with Gasteiger partial charge in [-0.1, -0.05) is 66.7 Å². The highest BCUT2D eigenvalue weighted by molar-refractivity contribution is 5.91. The Balaban J connectivity index is 1.77. The number of fused-ring (bicyclic) bond motifs is 1. The molecule has 1 heteroatoms. The quantitative estimate of drug-likeness (QED) is 0.283. The van der Waals surface area contributed by atoms with Crippen molar-refractivity contribution in [1.29, 1.82) is 0 Å². The first-order valence-corrected chi connectivity index (χ1v) is 10.3. The number of rotatable bonds is 3. The average Bonchev–Trinajstić information content (AvgIpc) is 3.20. The number of aryl methyl sites for hydroxylation is 2. The third kappa shape index (κ3) is 3.29. The highest BCUT2D eigenvalue weighted by Gasteiger charge is 2.23. The first-order valence-electron chi connectivity index (χ1n) is 10.3. The summed E-state index contributed by atoms with van der Waals surface area (Å²) in [7, 11) is 0. The van der Waals surface area contributed by atoms with Gasteiger partial charge in [0.1, 0.15) is 0 Å². The first kappa shape index (κ1) is 18.3. The molecule has 1 heterocycles. The van der Waals surface area contributed by atoms with Gasteiger partial charge in [-0.25, -0.2) is 4.42 Å². The highest BCUT2D eigenvalue weighted by Crippen LogP contribution is 2.41. The second-order valence-electron chi connectivity index (χ2n) is 7.73. The molecule has 1 aromatic heterocycles. The van der Waals surface area contributed by atoms with E-state index in [-0.39, 0.29) is 0 Å². The van der Waals surface area contributed by atoms with Crippen molar-refractivity contribution in [1.82, 2.24) is 0 Å². The van der Waals surface area contributed by atoms with E-state index in [1.165, 1.54) is 33.4 Å². The van der Waals surface area contributed by atoms with Gasteiger partial charge in [0.05, 0.1) is 23.3 Å². The van der Waals surface area contributed by atoms with E-state index in [0.717, 1.165) is 22.6 Å². The van der Waals surface area contributed by atoms with Gasteiger partial charge in [0.2, 0.25) is 0 Å². The fourth-order valence-electron chi connectivity index (χ4n) is 4.13. The van der Waals surface area contributed by atoms with Crippen molar-refractivity contribution in [3.05, 3.63) is 114 Å². The van der Waals surface area contributed by atoms with Crippen molar-refractivity contribution in [3.63, 3.8) is 0 Å². The van der Waals surface area contributed by atoms with E-state index < -0.39 is 0 Å². The maximum atomic E-state index is 6.37. The zero-order chi connectivity index (χ0) is 20.5. The predicted octanol–water partition coefficient (Wildman–Crippen LogP) is 8.28. The molecule has 144 valence electrons. The van der Waals surface area contributed by atoms with Crippen LogP contribution in [-0.4, -0.2) is 0 Å². The molecule has 0 bridgehead atoms. The van der Waals surface area contributed by atoms with Crippen molar-refractivity contribution in [2.24, 2.45) is 0 Å². The van der Waals surface area contributed by atoms with E-state index in [1.54, 1.807) is 0 Å². The van der Waals surface area contributed by atoms with Gasteiger partial charge < -0.3 is 0 Å². The Bertz CT molecular complexity index is 1230. The molecule has 0 fully saturated rings. The smallest absolute Gasteiger partial charge is 0.207 e. The second kappa shape index (κ2) is 7.61. The Kier molecular flexibility index (Phi) is 4.65. The molecule has 0 N–H and O–H groups in total. The topological polar surface area (TPSA) is 11.3 Å². The summed E-state index contributed by atoms with van der Waals surface area (Å²) in [4.78, 5) is 0. The SMILES string of the molecule is Cc1cccc(C)c2c(-c3cc(-c4ccccc4)[o+]c(-c4ccccc4)c3)ccc1-2. The van der Waals surface area contributed by atoms with Crippen LogP contribution in [0.25, 0.3) is 44.9 Å². The Labute approximate surface area is 177 Å². The third-order valence-corrected chi connectivity index (χ3v) is 5.69. The van der Waals surface area contributed by atoms with Crippen molar-refractivity contribution in [2.75, 3.05) is 0 Å². The van der Waals surface area contributed by atoms with Crippen LogP contribution in [0.3, 0.4) is 0 Å². The van der Waals surface area contributed by atoms with Gasteiger partial charge in [-0.3, -0.25) is 0 Å². The van der Waals surface area contributed by atoms with Crippen LogP contribution < -0.4 is 0 Å². The lowest BCUT2D eigenvalue weighted by Crippen LogP contribution is -1.87. The normalized spacial score (nSPS) is 11.0. The number of hydrogen-bond donors (Lipinski definition) is 0. The summed E-state index contributed by atoms with van der Waals surface area (Å²) in [6.45, 7) is 4.37. The van der Waals surface area contributed by atoms with Crippen LogP contribution in [0.1, 0.15) is 11.1 Å². The summed E-state index contributed by atoms with van der Waals surface area (Å²) in [5.41, 5.74) is 9.74. The molecule has 0 saturated carbocycles. The van der Waals surface area contributed by atoms with Crippen molar-refractivity contribution < 1.29 is 4.42 Å². The zero-order valence-electron chi connectivity index (χ0n) is 17.2. The molecular weight excluding hydrogens is 364 g/mol. The molecule has 0 radical (unpaired) electrons. The van der Waals surface area contributed by atoms with Crippen LogP contribution in [0.2, 0.25) is 0 Å². The van der Waals surface area contributed by atoms with Crippen molar-refractivity contribution in [2.45, 2.75) is 13.8 Å². The molecule has 5 rings (SSSR count). The van der Waals surface area contributed by atoms with Crippen LogP contribution >= 0.6 is 0 Å². The van der Waals surface area contributed by atoms with Crippen molar-refractivity contribution >= 4 is 0 Å². The Morgan fingerprint density at radius 2 is 1.00 bits per heavy atom. The molecule has 3 aromatic rings. The molecule has 0 unspecified atom stereocenters. The van der Waals surface area contributed by atoms with Gasteiger partial charge in [0, 0.05) is 5.56 Å². The van der Waals surface area contributed by atoms with E-state index in [2.05, 4.69) is 80.6 Å². The summed E-state index contributed by atoms with van der Waals surface area (Å²) in [5.74, 6) is 1.74. The molecule has 0 saturated heterocycles. The predicted molar refractivity (Wildman–Crippen MR) is 126 cm³/mol. The van der Waals surface area contributed by atoms with Crippen LogP contribution in [0.5, 0.6) is 0 Å². The standard InChI is InChI=1S/C29H23O/c1-20-10-9-11-21(2)29-25(20)16-17-26(29)24-18-27(22-12-5-3-6-13-22)30-28(19-24)23-14-7-4-8-15-23/h3-19H,1-2H3/q+1. The molecule has 2 aromatic carbocycles. The third-order valence-electron chi connectivity index (χ3n) is 5.69. The summed E-state index contributed by atoms with van der Waals surface area (Å²) in [6.07, 6.45) is 0. The monoisotopic (exact) mass is 387 g/mol. The van der Waals surface area contributed by atoms with Crippen LogP contribution in [-0.2, 0) is 0 Å². The molecule has 1 nitrogen and oxygen atoms in total. The second-order valence-corrected chi connectivity index (χ2v) is 7.73. The molecule has 0 amide bonds. The fraction of sp³-hybridized carbons (Fsp3) is 0.0690. The lowest BCUT2D eigenvalue weighted by atomic mass is 9.96. The minimum absolute atomic E-state index is 0.871. The summed E-state index contributed by atoms with van der Waals surface area (Å²) in [6, 6.07) is 35.9. The molecule has 2 aliphatic carbocycles. The number of hydrogen-bond acceptors (Lipinski definition) is 0. The zero-order valence-corrected chi connectivity index (χ0v) is 17.2. The van der Waals surface area contributed by atoms with Gasteiger partial charge in [-0.15, -0.1) is 0 Å². The van der Waals surface area contributed by atoms with E-state index in [9.17, 15) is 0 Å². The lowest BCUT2D eigenvalue weighted by Gasteiger charge is -2.07. The highest BCUT2D eigenvalue weighted by atomic mass is 16.3. The molecule has 2 aliphatic rings. The summed E-state index contributed by atoms with van der Waals surface area (Å²) < 4.78 is 6.37. The lowest BCUT2D eigenvalue weighted by molar-refractivity contribution is 0.582. The van der Waals surface area contributed by atoms with Crippen LogP contribution in [0.15, 0.2) is 108 Å².